The maximum atomic E-state index is 12.7. The Morgan fingerprint density at radius 2 is 1.91 bits per heavy atom. The van der Waals surface area contributed by atoms with Crippen LogP contribution in [0.5, 0.6) is 5.75 Å². The van der Waals surface area contributed by atoms with E-state index >= 15 is 0 Å². The molecule has 0 bridgehead atoms. The normalized spacial score (nSPS) is 18.8. The first-order valence-electron chi connectivity index (χ1n) is 8.20. The number of carboxylic acids is 1. The minimum Gasteiger partial charge on any atom is -0.497 e. The van der Waals surface area contributed by atoms with Crippen molar-refractivity contribution in [3.8, 4) is 5.75 Å². The monoisotopic (exact) mass is 317 g/mol. The van der Waals surface area contributed by atoms with Gasteiger partial charge >= 0.3 is 5.97 Å². The quantitative estimate of drug-likeness (QED) is 0.840. The fraction of sp³-hybridized carbons (Fsp3) is 0.556. The van der Waals surface area contributed by atoms with Crippen LogP contribution in [-0.4, -0.2) is 35.0 Å². The number of carbonyl (C=O) groups is 2. The molecule has 124 valence electrons. The minimum atomic E-state index is -0.822. The molecule has 0 unspecified atom stereocenters. The van der Waals surface area contributed by atoms with E-state index in [1.165, 1.54) is 0 Å². The fourth-order valence-electron chi connectivity index (χ4n) is 3.20. The second-order valence-corrected chi connectivity index (χ2v) is 6.72. The SMILES string of the molecule is COc1ccc(CN(C(=O)CC2(C(=O)O)CCC2)C2CC2)cc1. The highest BCUT2D eigenvalue weighted by molar-refractivity contribution is 5.86. The summed E-state index contributed by atoms with van der Waals surface area (Å²) in [6, 6.07) is 7.95. The van der Waals surface area contributed by atoms with Crippen LogP contribution in [0.1, 0.15) is 44.1 Å². The molecule has 0 heterocycles. The average Bonchev–Trinajstić information content (AvgIpc) is 3.33. The molecule has 2 aliphatic rings. The molecule has 0 atom stereocenters. The molecule has 5 nitrogen and oxygen atoms in total. The molecule has 1 amide bonds. The van der Waals surface area contributed by atoms with Gasteiger partial charge in [0.25, 0.3) is 0 Å². The number of hydrogen-bond donors (Lipinski definition) is 1. The molecular weight excluding hydrogens is 294 g/mol. The number of ether oxygens (including phenoxy) is 1. The number of hydrogen-bond acceptors (Lipinski definition) is 3. The van der Waals surface area contributed by atoms with Gasteiger partial charge in [-0.05, 0) is 43.4 Å². The van der Waals surface area contributed by atoms with Crippen molar-refractivity contribution in [1.82, 2.24) is 4.90 Å². The maximum absolute atomic E-state index is 12.7. The lowest BCUT2D eigenvalue weighted by atomic mass is 9.66. The van der Waals surface area contributed by atoms with E-state index in [-0.39, 0.29) is 18.4 Å². The molecule has 23 heavy (non-hydrogen) atoms. The van der Waals surface area contributed by atoms with Crippen molar-refractivity contribution in [1.29, 1.82) is 0 Å². The molecule has 3 rings (SSSR count). The fourth-order valence-corrected chi connectivity index (χ4v) is 3.20. The van der Waals surface area contributed by atoms with Crippen molar-refractivity contribution < 1.29 is 19.4 Å². The summed E-state index contributed by atoms with van der Waals surface area (Å²) in [6.45, 7) is 0.545. The highest BCUT2D eigenvalue weighted by Gasteiger charge is 2.47. The van der Waals surface area contributed by atoms with Crippen LogP contribution in [0, 0.1) is 5.41 Å². The van der Waals surface area contributed by atoms with E-state index in [2.05, 4.69) is 0 Å². The molecule has 1 N–H and O–H groups in total. The van der Waals surface area contributed by atoms with Gasteiger partial charge < -0.3 is 14.7 Å². The van der Waals surface area contributed by atoms with Crippen LogP contribution in [-0.2, 0) is 16.1 Å². The summed E-state index contributed by atoms with van der Waals surface area (Å²) >= 11 is 0. The molecular formula is C18H23NO4. The molecule has 0 aliphatic heterocycles. The van der Waals surface area contributed by atoms with Crippen molar-refractivity contribution in [3.63, 3.8) is 0 Å². The van der Waals surface area contributed by atoms with E-state index < -0.39 is 11.4 Å². The highest BCUT2D eigenvalue weighted by atomic mass is 16.5. The van der Waals surface area contributed by atoms with E-state index in [4.69, 9.17) is 4.74 Å². The first-order valence-corrected chi connectivity index (χ1v) is 8.20. The Balaban J connectivity index is 1.68. The lowest BCUT2D eigenvalue weighted by molar-refractivity contribution is -0.159. The second-order valence-electron chi connectivity index (χ2n) is 6.72. The number of carboxylic acid groups (broad SMARTS) is 1. The molecule has 2 fully saturated rings. The van der Waals surface area contributed by atoms with Gasteiger partial charge in [0.05, 0.1) is 12.5 Å². The van der Waals surface area contributed by atoms with E-state index in [9.17, 15) is 14.7 Å². The standard InChI is InChI=1S/C18H23NO4/c1-23-15-7-3-13(4-8-15)12-19(14-5-6-14)16(20)11-18(17(21)22)9-2-10-18/h3-4,7-8,14H,2,5-6,9-12H2,1H3,(H,21,22). The van der Waals surface area contributed by atoms with Crippen molar-refractivity contribution in [2.45, 2.75) is 51.1 Å². The van der Waals surface area contributed by atoms with Crippen LogP contribution in [0.25, 0.3) is 0 Å². The molecule has 0 radical (unpaired) electrons. The maximum Gasteiger partial charge on any atom is 0.310 e. The summed E-state index contributed by atoms with van der Waals surface area (Å²) in [7, 11) is 1.62. The van der Waals surface area contributed by atoms with Gasteiger partial charge in [0.1, 0.15) is 5.75 Å². The number of amides is 1. The third-order valence-corrected chi connectivity index (χ3v) is 5.07. The predicted octanol–water partition coefficient (Wildman–Crippen LogP) is 2.83. The average molecular weight is 317 g/mol. The third-order valence-electron chi connectivity index (χ3n) is 5.07. The van der Waals surface area contributed by atoms with E-state index in [0.29, 0.717) is 19.4 Å². The zero-order valence-corrected chi connectivity index (χ0v) is 13.5. The number of nitrogens with zero attached hydrogens (tertiary/aromatic N) is 1. The molecule has 1 aromatic rings. The van der Waals surface area contributed by atoms with Crippen LogP contribution >= 0.6 is 0 Å². The molecule has 0 spiro atoms. The molecule has 1 aromatic carbocycles. The Hall–Kier alpha value is -2.04. The summed E-state index contributed by atoms with van der Waals surface area (Å²) in [5.74, 6) is -0.0555. The van der Waals surface area contributed by atoms with Crippen LogP contribution in [0.3, 0.4) is 0 Å². The van der Waals surface area contributed by atoms with Crippen molar-refractivity contribution >= 4 is 11.9 Å². The molecule has 5 heteroatoms. The topological polar surface area (TPSA) is 66.8 Å². The zero-order chi connectivity index (χ0) is 16.4. The van der Waals surface area contributed by atoms with E-state index in [1.807, 2.05) is 29.2 Å². The van der Waals surface area contributed by atoms with Gasteiger partial charge in [-0.25, -0.2) is 0 Å². The van der Waals surface area contributed by atoms with Crippen LogP contribution in [0.15, 0.2) is 24.3 Å². The second kappa shape index (κ2) is 6.22. The number of methoxy groups -OCH3 is 1. The Kier molecular flexibility index (Phi) is 4.28. The number of benzene rings is 1. The van der Waals surface area contributed by atoms with Gasteiger partial charge in [-0.3, -0.25) is 9.59 Å². The smallest absolute Gasteiger partial charge is 0.310 e. The largest absolute Gasteiger partial charge is 0.497 e. The van der Waals surface area contributed by atoms with Gasteiger partial charge in [-0.15, -0.1) is 0 Å². The Morgan fingerprint density at radius 1 is 1.26 bits per heavy atom. The van der Waals surface area contributed by atoms with E-state index in [0.717, 1.165) is 30.6 Å². The Morgan fingerprint density at radius 3 is 2.35 bits per heavy atom. The number of aliphatic carboxylic acids is 1. The van der Waals surface area contributed by atoms with Gasteiger partial charge in [0.2, 0.25) is 5.91 Å². The molecule has 0 saturated heterocycles. The molecule has 2 saturated carbocycles. The summed E-state index contributed by atoms with van der Waals surface area (Å²) in [5, 5.41) is 9.43. The van der Waals surface area contributed by atoms with Crippen molar-refractivity contribution in [3.05, 3.63) is 29.8 Å². The number of carbonyl (C=O) groups excluding carboxylic acids is 1. The lowest BCUT2D eigenvalue weighted by Gasteiger charge is -2.38. The third kappa shape index (κ3) is 3.33. The van der Waals surface area contributed by atoms with Crippen LogP contribution < -0.4 is 4.74 Å². The van der Waals surface area contributed by atoms with Gasteiger partial charge in [-0.1, -0.05) is 18.6 Å². The predicted molar refractivity (Wildman–Crippen MR) is 85.1 cm³/mol. The van der Waals surface area contributed by atoms with Crippen LogP contribution in [0.4, 0.5) is 0 Å². The summed E-state index contributed by atoms with van der Waals surface area (Å²) in [5.41, 5.74) is 0.230. The first kappa shape index (κ1) is 15.8. The van der Waals surface area contributed by atoms with Crippen molar-refractivity contribution in [2.24, 2.45) is 5.41 Å². The summed E-state index contributed by atoms with van der Waals surface area (Å²) in [4.78, 5) is 26.1. The Labute approximate surface area is 136 Å². The highest BCUT2D eigenvalue weighted by Crippen LogP contribution is 2.45. The molecule has 2 aliphatic carbocycles. The van der Waals surface area contributed by atoms with Gasteiger partial charge in [-0.2, -0.15) is 0 Å². The minimum absolute atomic E-state index is 0.0228. The van der Waals surface area contributed by atoms with Gasteiger partial charge in [0, 0.05) is 19.0 Å². The first-order chi connectivity index (χ1) is 11.0. The molecule has 0 aromatic heterocycles. The summed E-state index contributed by atoms with van der Waals surface area (Å²) < 4.78 is 5.15. The zero-order valence-electron chi connectivity index (χ0n) is 13.5. The number of rotatable bonds is 7. The lowest BCUT2D eigenvalue weighted by Crippen LogP contribution is -2.44. The van der Waals surface area contributed by atoms with Crippen molar-refractivity contribution in [2.75, 3.05) is 7.11 Å². The summed E-state index contributed by atoms with van der Waals surface area (Å²) in [6.07, 6.45) is 4.31. The van der Waals surface area contributed by atoms with Gasteiger partial charge in [0.15, 0.2) is 0 Å². The van der Waals surface area contributed by atoms with E-state index in [1.54, 1.807) is 7.11 Å². The van der Waals surface area contributed by atoms with Crippen LogP contribution in [0.2, 0.25) is 0 Å². The Bertz CT molecular complexity index is 588.